The number of carbonyl (C=O) groups excluding carboxylic acids is 1. The van der Waals surface area contributed by atoms with Gasteiger partial charge in [0.15, 0.2) is 5.84 Å². The molecule has 0 saturated heterocycles. The Bertz CT molecular complexity index is 1170. The Balaban J connectivity index is 1.61. The third-order valence-corrected chi connectivity index (χ3v) is 6.63. The van der Waals surface area contributed by atoms with Crippen molar-refractivity contribution < 1.29 is 9.53 Å². The summed E-state index contributed by atoms with van der Waals surface area (Å²) >= 11 is 1.40. The molecule has 2 aliphatic heterocycles. The van der Waals surface area contributed by atoms with E-state index in [9.17, 15) is 4.79 Å². The molecule has 33 heavy (non-hydrogen) atoms. The molecule has 0 saturated carbocycles. The molecule has 0 bridgehead atoms. The lowest BCUT2D eigenvalue weighted by Gasteiger charge is -2.20. The van der Waals surface area contributed by atoms with E-state index in [1.807, 2.05) is 51.1 Å². The maximum Gasteiger partial charge on any atom is 0.283 e. The van der Waals surface area contributed by atoms with Gasteiger partial charge in [-0.2, -0.15) is 15.1 Å². The fraction of sp³-hybridized carbons (Fsp3) is 0.360. The summed E-state index contributed by atoms with van der Waals surface area (Å²) in [6.07, 6.45) is 5.92. The van der Waals surface area contributed by atoms with Crippen molar-refractivity contribution in [1.82, 2.24) is 9.58 Å². The number of ether oxygens (including phenoxy) is 1. The topological polar surface area (TPSA) is 83.0 Å². The highest BCUT2D eigenvalue weighted by atomic mass is 32.2. The van der Waals surface area contributed by atoms with Crippen molar-refractivity contribution in [2.45, 2.75) is 53.4 Å². The molecule has 2 aromatic rings. The van der Waals surface area contributed by atoms with Gasteiger partial charge in [0.2, 0.25) is 5.17 Å². The molecule has 0 atom stereocenters. The Morgan fingerprint density at radius 2 is 1.91 bits per heavy atom. The van der Waals surface area contributed by atoms with Crippen molar-refractivity contribution in [3.8, 4) is 11.4 Å². The zero-order chi connectivity index (χ0) is 23.5. The van der Waals surface area contributed by atoms with Crippen molar-refractivity contribution in [3.05, 3.63) is 52.9 Å². The average Bonchev–Trinajstić information content (AvgIpc) is 3.32. The number of aliphatic imine (C=N–C) groups is 1. The first-order valence-electron chi connectivity index (χ1n) is 11.3. The van der Waals surface area contributed by atoms with Gasteiger partial charge in [0.1, 0.15) is 10.8 Å². The lowest BCUT2D eigenvalue weighted by Crippen LogP contribution is -2.35. The second-order valence-corrected chi connectivity index (χ2v) is 9.10. The zero-order valence-electron chi connectivity index (χ0n) is 19.5. The van der Waals surface area contributed by atoms with Gasteiger partial charge in [-0.3, -0.25) is 10.2 Å². The standard InChI is InChI=1S/C25H29N5O2S/c1-5-7-8-9-22-28-30-23(26)21(24(31)27-25(30)33-22)15-18-14-16(3)29(17(18)4)19-10-12-20(13-11-19)32-6-2/h10-15,26H,5-9H2,1-4H3/b21-15+,26-23?. The van der Waals surface area contributed by atoms with Gasteiger partial charge in [-0.25, -0.2) is 0 Å². The maximum absolute atomic E-state index is 12.8. The molecule has 1 aromatic heterocycles. The van der Waals surface area contributed by atoms with Crippen molar-refractivity contribution in [1.29, 1.82) is 5.41 Å². The van der Waals surface area contributed by atoms with E-state index in [2.05, 4.69) is 21.6 Å². The first-order valence-corrected chi connectivity index (χ1v) is 12.2. The van der Waals surface area contributed by atoms with Crippen LogP contribution in [0.3, 0.4) is 0 Å². The number of carbonyl (C=O) groups is 1. The highest BCUT2D eigenvalue weighted by Crippen LogP contribution is 2.31. The number of rotatable bonds is 8. The monoisotopic (exact) mass is 463 g/mol. The van der Waals surface area contributed by atoms with Crippen LogP contribution < -0.4 is 4.74 Å². The highest BCUT2D eigenvalue weighted by molar-refractivity contribution is 8.26. The maximum atomic E-state index is 12.8. The Labute approximate surface area is 198 Å². The van der Waals surface area contributed by atoms with Crippen molar-refractivity contribution in [2.24, 2.45) is 10.1 Å². The van der Waals surface area contributed by atoms with Gasteiger partial charge in [0.25, 0.3) is 5.91 Å². The summed E-state index contributed by atoms with van der Waals surface area (Å²) in [4.78, 5) is 17.0. The summed E-state index contributed by atoms with van der Waals surface area (Å²) in [6.45, 7) is 8.79. The number of thioether (sulfide) groups is 1. The normalized spacial score (nSPS) is 16.8. The third-order valence-electron chi connectivity index (χ3n) is 5.67. The molecule has 0 unspecified atom stereocenters. The van der Waals surface area contributed by atoms with Crippen LogP contribution in [0.15, 0.2) is 46.0 Å². The molecule has 3 heterocycles. The van der Waals surface area contributed by atoms with Crippen LogP contribution in [0.4, 0.5) is 0 Å². The molecule has 172 valence electrons. The number of hydrazone groups is 1. The first-order chi connectivity index (χ1) is 15.9. The largest absolute Gasteiger partial charge is 0.494 e. The minimum Gasteiger partial charge on any atom is -0.494 e. The van der Waals surface area contributed by atoms with Gasteiger partial charge >= 0.3 is 0 Å². The number of benzene rings is 1. The smallest absolute Gasteiger partial charge is 0.283 e. The van der Waals surface area contributed by atoms with Crippen LogP contribution in [0.1, 0.15) is 56.5 Å². The molecule has 0 fully saturated rings. The van der Waals surface area contributed by atoms with E-state index in [1.54, 1.807) is 6.08 Å². The summed E-state index contributed by atoms with van der Waals surface area (Å²) in [5, 5.41) is 16.1. The first kappa shape index (κ1) is 23.0. The van der Waals surface area contributed by atoms with Gasteiger partial charge < -0.3 is 9.30 Å². The number of aromatic nitrogens is 1. The van der Waals surface area contributed by atoms with E-state index in [0.717, 1.165) is 59.1 Å². The summed E-state index contributed by atoms with van der Waals surface area (Å²) in [6, 6.07) is 9.96. The second-order valence-electron chi connectivity index (χ2n) is 8.06. The molecule has 4 rings (SSSR count). The number of aryl methyl sites for hydroxylation is 1. The Kier molecular flexibility index (Phi) is 6.83. The van der Waals surface area contributed by atoms with Crippen LogP contribution in [-0.2, 0) is 4.79 Å². The SMILES string of the molecule is CCCCCC1=NN2C(=N)/C(=C\c3cc(C)n(-c4ccc(OCC)cc4)c3C)C(=O)N=C2S1. The number of nitrogens with one attached hydrogen (secondary N) is 1. The van der Waals surface area contributed by atoms with E-state index in [4.69, 9.17) is 10.1 Å². The molecule has 2 aliphatic rings. The summed E-state index contributed by atoms with van der Waals surface area (Å²) in [5.74, 6) is 0.516. The van der Waals surface area contributed by atoms with Crippen LogP contribution in [0, 0.1) is 19.3 Å². The number of nitrogens with zero attached hydrogens (tertiary/aromatic N) is 4. The molecule has 0 aliphatic carbocycles. The van der Waals surface area contributed by atoms with Crippen LogP contribution in [0.2, 0.25) is 0 Å². The van der Waals surface area contributed by atoms with E-state index in [0.29, 0.717) is 11.8 Å². The quantitative estimate of drug-likeness (QED) is 0.402. The number of amidine groups is 2. The number of unbranched alkanes of at least 4 members (excludes halogenated alkanes) is 2. The fourth-order valence-corrected chi connectivity index (χ4v) is 4.93. The fourth-order valence-electron chi connectivity index (χ4n) is 4.00. The predicted octanol–water partition coefficient (Wildman–Crippen LogP) is 5.69. The molecule has 0 spiro atoms. The molecule has 7 nitrogen and oxygen atoms in total. The summed E-state index contributed by atoms with van der Waals surface area (Å²) in [7, 11) is 0. The average molecular weight is 464 g/mol. The molecule has 1 N–H and O–H groups in total. The lowest BCUT2D eigenvalue weighted by molar-refractivity contribution is -0.114. The number of hydrogen-bond acceptors (Lipinski definition) is 5. The van der Waals surface area contributed by atoms with Gasteiger partial charge in [-0.1, -0.05) is 19.8 Å². The Hall–Kier alpha value is -3.13. The van der Waals surface area contributed by atoms with E-state index >= 15 is 0 Å². The second kappa shape index (κ2) is 9.79. The molecular weight excluding hydrogens is 434 g/mol. The van der Waals surface area contributed by atoms with Gasteiger partial charge in [-0.05, 0) is 87.3 Å². The minimum atomic E-state index is -0.394. The van der Waals surface area contributed by atoms with Crippen molar-refractivity contribution in [2.75, 3.05) is 6.61 Å². The molecule has 1 aromatic carbocycles. The van der Waals surface area contributed by atoms with Gasteiger partial charge in [-0.15, -0.1) is 0 Å². The van der Waals surface area contributed by atoms with Crippen LogP contribution >= 0.6 is 11.8 Å². The predicted molar refractivity (Wildman–Crippen MR) is 136 cm³/mol. The van der Waals surface area contributed by atoms with Crippen molar-refractivity contribution in [3.63, 3.8) is 0 Å². The third kappa shape index (κ3) is 4.66. The van der Waals surface area contributed by atoms with Crippen LogP contribution in [0.25, 0.3) is 11.8 Å². The van der Waals surface area contributed by atoms with E-state index < -0.39 is 5.91 Å². The van der Waals surface area contributed by atoms with Gasteiger partial charge in [0, 0.05) is 17.1 Å². The molecular formula is C25H29N5O2S. The molecule has 0 radical (unpaired) electrons. The Morgan fingerprint density at radius 3 is 2.61 bits per heavy atom. The molecule has 1 amide bonds. The van der Waals surface area contributed by atoms with Gasteiger partial charge in [0.05, 0.1) is 12.2 Å². The minimum absolute atomic E-state index is 0.0776. The lowest BCUT2D eigenvalue weighted by atomic mass is 10.1. The zero-order valence-corrected chi connectivity index (χ0v) is 20.3. The van der Waals surface area contributed by atoms with E-state index in [1.165, 1.54) is 16.8 Å². The summed E-state index contributed by atoms with van der Waals surface area (Å²) in [5.41, 5.74) is 4.17. The number of fused-ring (bicyclic) bond motifs is 1. The number of amides is 1. The Morgan fingerprint density at radius 1 is 1.15 bits per heavy atom. The van der Waals surface area contributed by atoms with Crippen LogP contribution in [0.5, 0.6) is 5.75 Å². The number of hydrogen-bond donors (Lipinski definition) is 1. The van der Waals surface area contributed by atoms with Crippen LogP contribution in [-0.4, -0.2) is 38.1 Å². The highest BCUT2D eigenvalue weighted by Gasteiger charge is 2.35. The molecule has 8 heteroatoms. The van der Waals surface area contributed by atoms with E-state index in [-0.39, 0.29) is 11.4 Å². The summed E-state index contributed by atoms with van der Waals surface area (Å²) < 4.78 is 7.67. The van der Waals surface area contributed by atoms with Crippen molar-refractivity contribution >= 4 is 39.8 Å².